The first-order valence-corrected chi connectivity index (χ1v) is 23.0. The van der Waals surface area contributed by atoms with Gasteiger partial charge in [-0.2, -0.15) is 0 Å². The van der Waals surface area contributed by atoms with Gasteiger partial charge in [0.2, 0.25) is 23.6 Å². The summed E-state index contributed by atoms with van der Waals surface area (Å²) in [7, 11) is 0. The summed E-state index contributed by atoms with van der Waals surface area (Å²) < 4.78 is 27.7. The molecule has 0 spiro atoms. The topological polar surface area (TPSA) is 256 Å². The molecule has 23 heteroatoms. The SMILES string of the molecule is O=C(CCOCCOCCOCCOCCOCCNc1cccc2c1C(=O)N(C1CCC(=O)NC1=O)C2=O)NCCN1C=C(NC(=O)c2c(Cl)cccc2Cl)C(C(=O)NC2CCNCC2)N1. The van der Waals surface area contributed by atoms with Gasteiger partial charge in [-0.1, -0.05) is 35.3 Å². The number of hydrogen-bond donors (Lipinski definition) is 7. The number of hydrazine groups is 1. The molecule has 0 aliphatic carbocycles. The van der Waals surface area contributed by atoms with Crippen LogP contribution in [0.1, 0.15) is 63.2 Å². The Kier molecular flexibility index (Phi) is 20.1. The van der Waals surface area contributed by atoms with Crippen molar-refractivity contribution in [3.63, 3.8) is 0 Å². The largest absolute Gasteiger partial charge is 0.382 e. The molecule has 2 atom stereocenters. The quantitative estimate of drug-likeness (QED) is 0.0481. The summed E-state index contributed by atoms with van der Waals surface area (Å²) >= 11 is 12.5. The van der Waals surface area contributed by atoms with E-state index in [-0.39, 0.29) is 77.0 Å². The molecule has 0 bridgehead atoms. The number of benzene rings is 2. The van der Waals surface area contributed by atoms with E-state index in [9.17, 15) is 33.6 Å². The number of piperidine rings is 2. The van der Waals surface area contributed by atoms with Crippen molar-refractivity contribution in [3.8, 4) is 0 Å². The second-order valence-corrected chi connectivity index (χ2v) is 16.5. The van der Waals surface area contributed by atoms with Crippen molar-refractivity contribution in [2.24, 2.45) is 0 Å². The van der Waals surface area contributed by atoms with Gasteiger partial charge in [-0.3, -0.25) is 43.8 Å². The number of fused-ring (bicyclic) bond motifs is 1. The zero-order valence-electron chi connectivity index (χ0n) is 37.0. The van der Waals surface area contributed by atoms with E-state index in [4.69, 9.17) is 46.9 Å². The molecule has 2 aromatic rings. The van der Waals surface area contributed by atoms with Crippen molar-refractivity contribution >= 4 is 70.2 Å². The van der Waals surface area contributed by atoms with Gasteiger partial charge in [-0.05, 0) is 56.6 Å². The summed E-state index contributed by atoms with van der Waals surface area (Å²) in [6.07, 6.45) is 3.47. The lowest BCUT2D eigenvalue weighted by Crippen LogP contribution is -2.54. The molecule has 4 aliphatic heterocycles. The molecule has 4 aliphatic rings. The van der Waals surface area contributed by atoms with Gasteiger partial charge < -0.3 is 55.3 Å². The summed E-state index contributed by atoms with van der Waals surface area (Å²) in [4.78, 5) is 90.0. The number of ether oxygens (including phenoxy) is 5. The first kappa shape index (κ1) is 51.2. The second kappa shape index (κ2) is 26.3. The zero-order chi connectivity index (χ0) is 47.5. The number of carbonyl (C=O) groups is 7. The fourth-order valence-corrected chi connectivity index (χ4v) is 8.15. The molecule has 2 aromatic carbocycles. The number of nitrogens with one attached hydrogen (secondary N) is 7. The predicted molar refractivity (Wildman–Crippen MR) is 243 cm³/mol. The normalized spacial score (nSPS) is 18.4. The van der Waals surface area contributed by atoms with Crippen LogP contribution in [-0.4, -0.2) is 168 Å². The van der Waals surface area contributed by atoms with Crippen LogP contribution in [-0.2, 0) is 42.9 Å². The van der Waals surface area contributed by atoms with E-state index >= 15 is 0 Å². The van der Waals surface area contributed by atoms with Crippen molar-refractivity contribution in [2.45, 2.75) is 50.2 Å². The maximum absolute atomic E-state index is 13.3. The van der Waals surface area contributed by atoms with Gasteiger partial charge in [0, 0.05) is 43.9 Å². The number of rotatable bonds is 27. The first-order valence-electron chi connectivity index (χ1n) is 22.3. The number of halogens is 2. The van der Waals surface area contributed by atoms with E-state index in [1.54, 1.807) is 41.5 Å². The zero-order valence-corrected chi connectivity index (χ0v) is 38.5. The Labute approximate surface area is 397 Å². The third-order valence-electron chi connectivity index (χ3n) is 11.0. The lowest BCUT2D eigenvalue weighted by atomic mass is 10.0. The van der Waals surface area contributed by atoms with Gasteiger partial charge in [0.25, 0.3) is 17.7 Å². The molecule has 2 saturated heterocycles. The highest BCUT2D eigenvalue weighted by Gasteiger charge is 2.45. The molecule has 21 nitrogen and oxygen atoms in total. The van der Waals surface area contributed by atoms with Crippen molar-refractivity contribution in [1.82, 2.24) is 41.9 Å². The monoisotopic (exact) mass is 973 g/mol. The van der Waals surface area contributed by atoms with Crippen LogP contribution in [0.4, 0.5) is 5.69 Å². The second-order valence-electron chi connectivity index (χ2n) is 15.7. The average Bonchev–Trinajstić information content (AvgIpc) is 3.82. The number of hydrogen-bond acceptors (Lipinski definition) is 16. The lowest BCUT2D eigenvalue weighted by molar-refractivity contribution is -0.136. The highest BCUT2D eigenvalue weighted by molar-refractivity contribution is 6.39. The maximum Gasteiger partial charge on any atom is 0.264 e. The molecule has 0 radical (unpaired) electrons. The average molecular weight is 975 g/mol. The van der Waals surface area contributed by atoms with Crippen molar-refractivity contribution in [2.75, 3.05) is 104 Å². The van der Waals surface area contributed by atoms with E-state index in [1.807, 2.05) is 0 Å². The fourth-order valence-electron chi connectivity index (χ4n) is 7.58. The minimum Gasteiger partial charge on any atom is -0.382 e. The van der Waals surface area contributed by atoms with Gasteiger partial charge in [0.05, 0.1) is 105 Å². The van der Waals surface area contributed by atoms with Crippen LogP contribution in [0.3, 0.4) is 0 Å². The Hall–Kier alpha value is -5.23. The Morgan fingerprint density at radius 3 is 2.03 bits per heavy atom. The van der Waals surface area contributed by atoms with Crippen molar-refractivity contribution in [3.05, 3.63) is 75.0 Å². The van der Waals surface area contributed by atoms with Crippen LogP contribution in [0, 0.1) is 0 Å². The van der Waals surface area contributed by atoms with Crippen LogP contribution in [0.15, 0.2) is 48.3 Å². The Morgan fingerprint density at radius 1 is 0.746 bits per heavy atom. The number of imide groups is 2. The summed E-state index contributed by atoms with van der Waals surface area (Å²) in [6.45, 7) is 5.80. The smallest absolute Gasteiger partial charge is 0.264 e. The highest BCUT2D eigenvalue weighted by Crippen LogP contribution is 2.32. The fraction of sp³-hybridized carbons (Fsp3) is 0.523. The Balaban J connectivity index is 0.746. The molecule has 7 amide bonds. The molecule has 2 unspecified atom stereocenters. The van der Waals surface area contributed by atoms with E-state index in [0.29, 0.717) is 83.9 Å². The first-order chi connectivity index (χ1) is 32.5. The van der Waals surface area contributed by atoms with E-state index in [1.165, 1.54) is 6.07 Å². The minimum atomic E-state index is -1.03. The molecular weight excluding hydrogens is 917 g/mol. The molecule has 4 heterocycles. The van der Waals surface area contributed by atoms with Crippen LogP contribution >= 0.6 is 23.2 Å². The number of amides is 7. The third kappa shape index (κ3) is 14.9. The standard InChI is InChI=1S/C44H57Cl2N9O12/c45-30-4-2-5-31(46)38(30)41(59)51-33-27-54(53-39(33)42(60)50-28-9-12-47-13-10-28)16-14-49-35(56)11-17-63-19-21-65-23-25-67-26-24-66-22-20-64-18-15-48-32-6-1-3-29-37(32)44(62)55(43(29)61)34-7-8-36(57)52-40(34)58/h1-6,27-28,34,39,47-48,53H,7-26H2,(H,49,56)(H,50,60)(H,51,59)(H,52,57,58). The Bertz CT molecular complexity index is 2100. The molecule has 7 N–H and O–H groups in total. The molecular formula is C44H57Cl2N9O12. The van der Waals surface area contributed by atoms with Crippen LogP contribution in [0.25, 0.3) is 0 Å². The van der Waals surface area contributed by atoms with Crippen LogP contribution < -0.4 is 37.3 Å². The predicted octanol–water partition coefficient (Wildman–Crippen LogP) is 0.724. The van der Waals surface area contributed by atoms with Gasteiger partial charge in [-0.15, -0.1) is 0 Å². The number of nitrogens with zero attached hydrogens (tertiary/aromatic N) is 2. The van der Waals surface area contributed by atoms with Gasteiger partial charge in [0.15, 0.2) is 0 Å². The van der Waals surface area contributed by atoms with Gasteiger partial charge in [-0.25, -0.2) is 5.43 Å². The van der Waals surface area contributed by atoms with Gasteiger partial charge >= 0.3 is 0 Å². The summed E-state index contributed by atoms with van der Waals surface area (Å²) in [6, 6.07) is 7.71. The third-order valence-corrected chi connectivity index (χ3v) is 11.6. The molecule has 6 rings (SSSR count). The lowest BCUT2D eigenvalue weighted by Gasteiger charge is -2.27. The summed E-state index contributed by atoms with van der Waals surface area (Å²) in [5.74, 6) is -3.29. The molecule has 67 heavy (non-hydrogen) atoms. The molecule has 2 fully saturated rings. The Morgan fingerprint density at radius 2 is 1.37 bits per heavy atom. The van der Waals surface area contributed by atoms with Crippen molar-refractivity contribution < 1.29 is 57.2 Å². The maximum atomic E-state index is 13.3. The molecule has 364 valence electrons. The van der Waals surface area contributed by atoms with Crippen molar-refractivity contribution in [1.29, 1.82) is 0 Å². The number of carbonyl (C=O) groups excluding carboxylic acids is 7. The van der Waals surface area contributed by atoms with Crippen LogP contribution in [0.2, 0.25) is 10.0 Å². The van der Waals surface area contributed by atoms with E-state index in [0.717, 1.165) is 30.8 Å². The van der Waals surface area contributed by atoms with Crippen LogP contribution in [0.5, 0.6) is 0 Å². The number of anilines is 1. The van der Waals surface area contributed by atoms with E-state index < -0.39 is 41.6 Å². The molecule has 0 aromatic heterocycles. The molecule has 0 saturated carbocycles. The highest BCUT2D eigenvalue weighted by atomic mass is 35.5. The van der Waals surface area contributed by atoms with E-state index in [2.05, 4.69) is 37.3 Å². The minimum absolute atomic E-state index is 0.00436. The van der Waals surface area contributed by atoms with Gasteiger partial charge in [0.1, 0.15) is 12.1 Å². The summed E-state index contributed by atoms with van der Waals surface area (Å²) in [5.41, 5.74) is 4.37. The summed E-state index contributed by atoms with van der Waals surface area (Å²) in [5, 5.41) is 19.3.